The van der Waals surface area contributed by atoms with Gasteiger partial charge in [0.1, 0.15) is 0 Å². The maximum atomic E-state index is 12.9. The lowest BCUT2D eigenvalue weighted by atomic mass is 10.1. The van der Waals surface area contributed by atoms with Crippen molar-refractivity contribution in [1.82, 2.24) is 4.90 Å². The molecule has 4 amide bonds. The summed E-state index contributed by atoms with van der Waals surface area (Å²) in [7, 11) is 1.35. The van der Waals surface area contributed by atoms with Gasteiger partial charge in [0.25, 0.3) is 5.91 Å². The number of hydrogen-bond donors (Lipinski definition) is 1. The fourth-order valence-electron chi connectivity index (χ4n) is 3.15. The van der Waals surface area contributed by atoms with E-state index in [0.29, 0.717) is 11.8 Å². The van der Waals surface area contributed by atoms with Crippen LogP contribution in [0.15, 0.2) is 42.5 Å². The molecule has 0 unspecified atom stereocenters. The van der Waals surface area contributed by atoms with Gasteiger partial charge < -0.3 is 10.2 Å². The van der Waals surface area contributed by atoms with Gasteiger partial charge in [0.2, 0.25) is 17.7 Å². The summed E-state index contributed by atoms with van der Waals surface area (Å²) < 4.78 is 38.8. The minimum absolute atomic E-state index is 0.114. The molecule has 7 nitrogen and oxygen atoms in total. The van der Waals surface area contributed by atoms with Crippen LogP contribution in [0.1, 0.15) is 28.8 Å². The van der Waals surface area contributed by atoms with Crippen molar-refractivity contribution in [1.29, 1.82) is 0 Å². The van der Waals surface area contributed by atoms with Crippen LogP contribution in [-0.4, -0.2) is 42.1 Å². The summed E-state index contributed by atoms with van der Waals surface area (Å²) in [6.45, 7) is -0.423. The highest BCUT2D eigenvalue weighted by atomic mass is 35.5. The average Bonchev–Trinajstić information content (AvgIpc) is 3.06. The Bertz CT molecular complexity index is 1070. The first-order chi connectivity index (χ1) is 15.0. The summed E-state index contributed by atoms with van der Waals surface area (Å²) in [6, 6.07) is 8.69. The fraction of sp³-hybridized carbons (Fsp3) is 0.238. The number of alkyl halides is 3. The number of carbonyl (C=O) groups is 4. The smallest absolute Gasteiger partial charge is 0.332 e. The first kappa shape index (κ1) is 23.3. The maximum Gasteiger partial charge on any atom is 0.417 e. The van der Waals surface area contributed by atoms with Gasteiger partial charge >= 0.3 is 6.18 Å². The molecule has 0 spiro atoms. The minimum Gasteiger partial charge on any atom is -0.332 e. The first-order valence-corrected chi connectivity index (χ1v) is 9.73. The van der Waals surface area contributed by atoms with Gasteiger partial charge in [0.15, 0.2) is 0 Å². The van der Waals surface area contributed by atoms with E-state index >= 15 is 0 Å². The van der Waals surface area contributed by atoms with Crippen LogP contribution in [-0.2, 0) is 20.6 Å². The van der Waals surface area contributed by atoms with E-state index in [-0.39, 0.29) is 35.9 Å². The molecule has 0 radical (unpaired) electrons. The van der Waals surface area contributed by atoms with Crippen LogP contribution in [0.2, 0.25) is 5.02 Å². The molecule has 1 fully saturated rings. The molecule has 32 heavy (non-hydrogen) atoms. The molecule has 0 saturated carbocycles. The predicted octanol–water partition coefficient (Wildman–Crippen LogP) is 3.72. The van der Waals surface area contributed by atoms with Crippen LogP contribution in [0.4, 0.5) is 24.5 Å². The van der Waals surface area contributed by atoms with Gasteiger partial charge in [-0.05, 0) is 42.5 Å². The topological polar surface area (TPSA) is 86.8 Å². The molecule has 2 aromatic carbocycles. The molecule has 0 aromatic heterocycles. The second kappa shape index (κ2) is 8.99. The molecule has 0 aliphatic carbocycles. The molecular weight excluding hydrogens is 451 g/mol. The minimum atomic E-state index is -4.68. The van der Waals surface area contributed by atoms with Gasteiger partial charge in [-0.2, -0.15) is 13.2 Å². The number of rotatable bonds is 5. The second-order valence-corrected chi connectivity index (χ2v) is 7.48. The van der Waals surface area contributed by atoms with Crippen molar-refractivity contribution in [3.63, 3.8) is 0 Å². The molecule has 168 valence electrons. The van der Waals surface area contributed by atoms with Gasteiger partial charge in [-0.25, -0.2) is 0 Å². The molecule has 1 aliphatic heterocycles. The largest absolute Gasteiger partial charge is 0.417 e. The van der Waals surface area contributed by atoms with E-state index in [9.17, 15) is 32.3 Å². The zero-order chi connectivity index (χ0) is 23.6. The SMILES string of the molecule is CN(CC(=O)Nc1ccc(Cl)c(C(F)(F)F)c1)C(=O)c1ccc(N2C(=O)CCC2=O)cc1. The molecule has 1 saturated heterocycles. The average molecular weight is 468 g/mol. The third kappa shape index (κ3) is 5.08. The monoisotopic (exact) mass is 467 g/mol. The number of nitrogens with zero attached hydrogens (tertiary/aromatic N) is 2. The lowest BCUT2D eigenvalue weighted by molar-refractivity contribution is -0.137. The standard InChI is InChI=1S/C21H17ClF3N3O4/c1-27(11-17(29)26-13-4-7-16(22)15(10-13)21(23,24)25)20(32)12-2-5-14(6-3-12)28-18(30)8-9-19(28)31/h2-7,10H,8-9,11H2,1H3,(H,26,29). The number of benzene rings is 2. The fourth-order valence-corrected chi connectivity index (χ4v) is 3.37. The van der Waals surface area contributed by atoms with Crippen LogP contribution in [0.3, 0.4) is 0 Å². The highest BCUT2D eigenvalue weighted by Crippen LogP contribution is 2.36. The summed E-state index contributed by atoms with van der Waals surface area (Å²) in [5.41, 5.74) is -0.653. The summed E-state index contributed by atoms with van der Waals surface area (Å²) in [5, 5.41) is 1.80. The molecule has 1 heterocycles. The van der Waals surface area contributed by atoms with Crippen molar-refractivity contribution >= 4 is 46.6 Å². The van der Waals surface area contributed by atoms with Gasteiger partial charge in [0.05, 0.1) is 22.8 Å². The van der Waals surface area contributed by atoms with E-state index in [2.05, 4.69) is 5.32 Å². The third-order valence-electron chi connectivity index (χ3n) is 4.71. The molecule has 3 rings (SSSR count). The Morgan fingerprint density at radius 1 is 1.06 bits per heavy atom. The van der Waals surface area contributed by atoms with E-state index in [1.54, 1.807) is 0 Å². The predicted molar refractivity (Wildman–Crippen MR) is 110 cm³/mol. The Morgan fingerprint density at radius 2 is 1.66 bits per heavy atom. The van der Waals surface area contributed by atoms with E-state index < -0.39 is 35.1 Å². The van der Waals surface area contributed by atoms with Gasteiger partial charge in [0, 0.05) is 31.1 Å². The summed E-state index contributed by atoms with van der Waals surface area (Å²) in [5.74, 6) is -1.88. The van der Waals surface area contributed by atoms with Crippen molar-refractivity contribution in [2.24, 2.45) is 0 Å². The van der Waals surface area contributed by atoms with E-state index in [1.165, 1.54) is 37.4 Å². The van der Waals surface area contributed by atoms with Crippen molar-refractivity contribution in [2.75, 3.05) is 23.8 Å². The van der Waals surface area contributed by atoms with E-state index in [1.807, 2.05) is 0 Å². The van der Waals surface area contributed by atoms with Crippen LogP contribution in [0, 0.1) is 0 Å². The quantitative estimate of drug-likeness (QED) is 0.679. The molecule has 1 aliphatic rings. The third-order valence-corrected chi connectivity index (χ3v) is 5.04. The maximum absolute atomic E-state index is 12.9. The van der Waals surface area contributed by atoms with Crippen molar-refractivity contribution in [3.8, 4) is 0 Å². The molecule has 0 atom stereocenters. The Hall–Kier alpha value is -3.40. The number of hydrogen-bond acceptors (Lipinski definition) is 4. The Morgan fingerprint density at radius 3 is 2.22 bits per heavy atom. The Balaban J connectivity index is 1.64. The van der Waals surface area contributed by atoms with E-state index in [4.69, 9.17) is 11.6 Å². The summed E-state index contributed by atoms with van der Waals surface area (Å²) >= 11 is 5.55. The Labute approximate surface area is 185 Å². The van der Waals surface area contributed by atoms with Crippen LogP contribution in [0.25, 0.3) is 0 Å². The first-order valence-electron chi connectivity index (χ1n) is 9.35. The number of nitrogens with one attached hydrogen (secondary N) is 1. The van der Waals surface area contributed by atoms with Gasteiger partial charge in [-0.1, -0.05) is 11.6 Å². The normalized spacial score (nSPS) is 14.0. The van der Waals surface area contributed by atoms with Crippen molar-refractivity contribution < 1.29 is 32.3 Å². The van der Waals surface area contributed by atoms with Crippen LogP contribution >= 0.6 is 11.6 Å². The number of carbonyl (C=O) groups excluding carboxylic acids is 4. The van der Waals surface area contributed by atoms with Crippen LogP contribution < -0.4 is 10.2 Å². The van der Waals surface area contributed by atoms with Crippen molar-refractivity contribution in [3.05, 3.63) is 58.6 Å². The number of amides is 4. The highest BCUT2D eigenvalue weighted by Gasteiger charge is 2.33. The number of halogens is 4. The lowest BCUT2D eigenvalue weighted by Gasteiger charge is -2.18. The number of imide groups is 1. The Kier molecular flexibility index (Phi) is 6.54. The molecule has 11 heteroatoms. The number of likely N-dealkylation sites (N-methyl/N-ethyl adjacent to an activating group) is 1. The zero-order valence-corrected chi connectivity index (χ0v) is 17.5. The highest BCUT2D eigenvalue weighted by molar-refractivity contribution is 6.31. The molecule has 2 aromatic rings. The summed E-state index contributed by atoms with van der Waals surface area (Å²) in [6.07, 6.45) is -4.41. The molecular formula is C21H17ClF3N3O4. The van der Waals surface area contributed by atoms with Crippen LogP contribution in [0.5, 0.6) is 0 Å². The van der Waals surface area contributed by atoms with Gasteiger partial charge in [-0.15, -0.1) is 0 Å². The van der Waals surface area contributed by atoms with E-state index in [0.717, 1.165) is 15.9 Å². The second-order valence-electron chi connectivity index (χ2n) is 7.07. The summed E-state index contributed by atoms with van der Waals surface area (Å²) in [4.78, 5) is 50.5. The van der Waals surface area contributed by atoms with Gasteiger partial charge in [-0.3, -0.25) is 24.1 Å². The van der Waals surface area contributed by atoms with Crippen molar-refractivity contribution in [2.45, 2.75) is 19.0 Å². The number of anilines is 2. The molecule has 0 bridgehead atoms. The lowest BCUT2D eigenvalue weighted by Crippen LogP contribution is -2.35. The zero-order valence-electron chi connectivity index (χ0n) is 16.7. The molecule has 1 N–H and O–H groups in total.